The van der Waals surface area contributed by atoms with E-state index in [0.717, 1.165) is 12.2 Å². The lowest BCUT2D eigenvalue weighted by Gasteiger charge is -2.56. The van der Waals surface area contributed by atoms with Gasteiger partial charge < -0.3 is 19.5 Å². The van der Waals surface area contributed by atoms with Gasteiger partial charge in [0.25, 0.3) is 0 Å². The van der Waals surface area contributed by atoms with Gasteiger partial charge in [0, 0.05) is 32.5 Å². The molecule has 1 fully saturated rings. The summed E-state index contributed by atoms with van der Waals surface area (Å²) in [4.78, 5) is 0.645. The zero-order chi connectivity index (χ0) is 24.6. The maximum absolute atomic E-state index is 9.51. The van der Waals surface area contributed by atoms with Crippen molar-refractivity contribution in [2.75, 3.05) is 20.6 Å². The Morgan fingerprint density at radius 1 is 1.64 bits per heavy atom. The van der Waals surface area contributed by atoms with Gasteiger partial charge in [-0.05, 0) is 37.9 Å². The van der Waals surface area contributed by atoms with Gasteiger partial charge in [0.15, 0.2) is 11.5 Å². The molecule has 2 aliphatic heterocycles. The van der Waals surface area contributed by atoms with Gasteiger partial charge in [-0.3, -0.25) is 0 Å². The Morgan fingerprint density at radius 2 is 2.59 bits per heavy atom. The lowest BCUT2D eigenvalue weighted by atomic mass is 9.53. The first-order valence-corrected chi connectivity index (χ1v) is 7.11. The van der Waals surface area contributed by atoms with Gasteiger partial charge in [0.05, 0.1) is 11.2 Å². The van der Waals surface area contributed by atoms with Gasteiger partial charge in [0.2, 0.25) is 1.43 Å². The molecule has 5 atom stereocenters. The summed E-state index contributed by atoms with van der Waals surface area (Å²) in [6.07, 6.45) is -4.60. The lowest BCUT2D eigenvalue weighted by molar-refractivity contribution is -0.0453. The van der Waals surface area contributed by atoms with Gasteiger partial charge in [-0.1, -0.05) is 18.2 Å². The smallest absolute Gasteiger partial charge is 0.211 e. The van der Waals surface area contributed by atoms with E-state index in [1.165, 1.54) is 7.11 Å². The predicted molar refractivity (Wildman–Crippen MR) is 82.5 cm³/mol. The quantitative estimate of drug-likeness (QED) is 0.841. The zero-order valence-corrected chi connectivity index (χ0v) is 11.8. The van der Waals surface area contributed by atoms with E-state index < -0.39 is 60.5 Å². The van der Waals surface area contributed by atoms with Crippen LogP contribution in [0.3, 0.4) is 0 Å². The molecule has 1 saturated heterocycles. The van der Waals surface area contributed by atoms with Crippen molar-refractivity contribution in [1.82, 2.24) is 4.90 Å². The Balaban J connectivity index is 2.01. The molecule has 2 aliphatic carbocycles. The molecule has 2 heterocycles. The molecule has 0 aromatic heterocycles. The highest BCUT2D eigenvalue weighted by Gasteiger charge is 2.64. The van der Waals surface area contributed by atoms with Crippen molar-refractivity contribution in [2.45, 2.75) is 36.4 Å². The molecular weight excluding hydrogens is 278 g/mol. The van der Waals surface area contributed by atoms with Crippen molar-refractivity contribution in [2.24, 2.45) is 5.89 Å². The molecule has 0 amide bonds. The van der Waals surface area contributed by atoms with Crippen molar-refractivity contribution in [3.05, 3.63) is 35.4 Å². The van der Waals surface area contributed by atoms with Crippen LogP contribution in [0.25, 0.3) is 0 Å². The molecular formula is C18H21NO3. The number of hydrogen-bond acceptors (Lipinski definition) is 4. The average molecular weight is 310 g/mol. The minimum atomic E-state index is -2.95. The van der Waals surface area contributed by atoms with E-state index in [1.807, 2.05) is 0 Å². The third-order valence-electron chi connectivity index (χ3n) is 4.97. The van der Waals surface area contributed by atoms with E-state index in [-0.39, 0.29) is 30.0 Å². The summed E-state index contributed by atoms with van der Waals surface area (Å²) in [5, 5.41) is 4.69. The first-order valence-electron chi connectivity index (χ1n) is 12.5. The number of ether oxygens (including phenoxy) is 2. The Kier molecular flexibility index (Phi) is 1.14. The summed E-state index contributed by atoms with van der Waals surface area (Å²) in [7, 11) is 1.24. The number of rotatable bonds is 2. The highest BCUT2D eigenvalue weighted by atomic mass is 16.5. The van der Waals surface area contributed by atoms with Crippen LogP contribution in [0.5, 0.6) is 11.5 Å². The molecule has 0 radical (unpaired) electrons. The van der Waals surface area contributed by atoms with Gasteiger partial charge in [-0.2, -0.15) is 0 Å². The number of methoxy groups -OCH3 is 1. The topological polar surface area (TPSA) is 41.9 Å². The van der Waals surface area contributed by atoms with Crippen LogP contribution in [0.15, 0.2) is 24.2 Å². The van der Waals surface area contributed by atoms with Crippen LogP contribution in [0.1, 0.15) is 31.3 Å². The normalized spacial score (nSPS) is 61.1. The van der Waals surface area contributed by atoms with Crippen molar-refractivity contribution in [3.63, 3.8) is 0 Å². The summed E-state index contributed by atoms with van der Waals surface area (Å²) in [6, 6.07) is -3.93. The SMILES string of the molecule is [2H]OC1([2H])C=C[C@]2([2H])[C@@]34CCN(C([2H])([2H])[2H])[C@]2([2H])C([2H])([2H])c2c([2H])c([2H])c(OC)c(c23)OC14. The van der Waals surface area contributed by atoms with Crippen LogP contribution in [0.2, 0.25) is 0 Å². The van der Waals surface area contributed by atoms with Crippen molar-refractivity contribution in [1.29, 1.82) is 1.43 Å². The second-order valence-electron chi connectivity index (χ2n) is 5.86. The third-order valence-corrected chi connectivity index (χ3v) is 4.97. The molecule has 2 bridgehead atoms. The van der Waals surface area contributed by atoms with E-state index in [4.69, 9.17) is 21.9 Å². The summed E-state index contributed by atoms with van der Waals surface area (Å²) in [6.45, 7) is -3.28. The minimum Gasteiger partial charge on any atom is -0.493 e. The van der Waals surface area contributed by atoms with Crippen LogP contribution >= 0.6 is 0 Å². The lowest BCUT2D eigenvalue weighted by Crippen LogP contribution is -2.64. The molecule has 5 rings (SSSR count). The van der Waals surface area contributed by atoms with E-state index in [2.05, 4.69) is 5.11 Å². The van der Waals surface area contributed by atoms with E-state index in [1.54, 1.807) is 0 Å². The largest absolute Gasteiger partial charge is 0.493 e. The molecule has 116 valence electrons. The molecule has 1 aromatic rings. The van der Waals surface area contributed by atoms with E-state index in [0.29, 0.717) is 4.90 Å². The van der Waals surface area contributed by atoms with Crippen molar-refractivity contribution in [3.8, 4) is 11.5 Å². The minimum absolute atomic E-state index is 0.0106. The number of nitrogens with zero attached hydrogens (tertiary/aromatic N) is 1. The molecule has 4 aliphatic rings. The predicted octanol–water partition coefficient (Wildman–Crippen LogP) is 1.50. The van der Waals surface area contributed by atoms with Crippen LogP contribution in [-0.4, -0.2) is 50.3 Å². The average Bonchev–Trinajstić information content (AvgIpc) is 3.06. The first-order chi connectivity index (χ1) is 15.1. The third kappa shape index (κ3) is 1.28. The molecule has 1 aromatic carbocycles. The number of likely N-dealkylation sites (tertiary alicyclic amines) is 1. The molecule has 4 nitrogen and oxygen atoms in total. The number of piperidine rings is 1. The van der Waals surface area contributed by atoms with Gasteiger partial charge in [-0.15, -0.1) is 0 Å². The highest BCUT2D eigenvalue weighted by molar-refractivity contribution is 5.62. The standard InChI is InChI=1S/C18H21NO3/c1-19-8-7-18-11-4-5-13(20)17(18)22-16-14(21-2)6-3-10(15(16)18)9-12(11)19/h3-6,11-13,17,20H,7-9H2,1-2H3/t11-,12+,13?,17?,18-/m0/s1/i1D3,3D,6D,9D2,11D,12D,13D,20D. The van der Waals surface area contributed by atoms with Crippen molar-refractivity contribution >= 4 is 0 Å². The summed E-state index contributed by atoms with van der Waals surface area (Å²) < 4.78 is 105. The summed E-state index contributed by atoms with van der Waals surface area (Å²) in [5.74, 6) is -2.65. The Morgan fingerprint density at radius 3 is 3.41 bits per heavy atom. The number of benzene rings is 1. The second-order valence-corrected chi connectivity index (χ2v) is 5.86. The fourth-order valence-electron chi connectivity index (χ4n) is 4.05. The highest BCUT2D eigenvalue weighted by Crippen LogP contribution is 2.62. The van der Waals surface area contributed by atoms with Crippen LogP contribution in [0, 0.1) is 5.89 Å². The van der Waals surface area contributed by atoms with Crippen LogP contribution in [-0.2, 0) is 11.8 Å². The summed E-state index contributed by atoms with van der Waals surface area (Å²) >= 11 is 0. The summed E-state index contributed by atoms with van der Waals surface area (Å²) in [5.41, 5.74) is -2.13. The van der Waals surface area contributed by atoms with Crippen LogP contribution in [0.4, 0.5) is 0 Å². The van der Waals surface area contributed by atoms with Gasteiger partial charge in [0.1, 0.15) is 12.2 Å². The molecule has 0 saturated carbocycles. The second kappa shape index (κ2) is 4.06. The molecule has 1 N–H and O–H groups in total. The van der Waals surface area contributed by atoms with Gasteiger partial charge >= 0.3 is 0 Å². The maximum Gasteiger partial charge on any atom is 0.211 e. The number of hydrogen-bond donors (Lipinski definition) is 1. The van der Waals surface area contributed by atoms with Crippen molar-refractivity contribution < 1.29 is 28.3 Å². The molecule has 2 unspecified atom stereocenters. The monoisotopic (exact) mass is 310 g/mol. The first kappa shape index (κ1) is 6.17. The van der Waals surface area contributed by atoms with E-state index >= 15 is 0 Å². The zero-order valence-electron chi connectivity index (χ0n) is 22.8. The Labute approximate surface area is 145 Å². The Hall–Kier alpha value is -1.52. The number of aliphatic hydroxyl groups is 1. The van der Waals surface area contributed by atoms with Gasteiger partial charge in [-0.25, -0.2) is 0 Å². The van der Waals surface area contributed by atoms with E-state index in [9.17, 15) is 2.74 Å². The fraction of sp³-hybridized carbons (Fsp3) is 0.556. The fourth-order valence-corrected chi connectivity index (χ4v) is 4.05. The molecule has 22 heavy (non-hydrogen) atoms. The molecule has 4 heteroatoms. The Bertz CT molecular complexity index is 1110. The number of likely N-dealkylation sites (N-methyl/N-ethyl adjacent to an activating group) is 1. The molecule has 1 spiro atoms. The maximum atomic E-state index is 9.51. The van der Waals surface area contributed by atoms with Crippen LogP contribution < -0.4 is 9.47 Å².